The van der Waals surface area contributed by atoms with Crippen molar-refractivity contribution >= 4 is 5.78 Å². The van der Waals surface area contributed by atoms with E-state index >= 15 is 0 Å². The normalized spacial score (nSPS) is 20.8. The summed E-state index contributed by atoms with van der Waals surface area (Å²) in [7, 11) is 0. The van der Waals surface area contributed by atoms with Crippen molar-refractivity contribution in [2.24, 2.45) is 0 Å². The molecule has 1 aromatic rings. The first-order valence-electron chi connectivity index (χ1n) is 4.99. The Bertz CT molecular complexity index is 403. The van der Waals surface area contributed by atoms with E-state index in [0.29, 0.717) is 13.2 Å². The van der Waals surface area contributed by atoms with Crippen molar-refractivity contribution in [2.45, 2.75) is 6.04 Å². The van der Waals surface area contributed by atoms with Gasteiger partial charge < -0.3 is 10.1 Å². The molecule has 1 atom stereocenters. The van der Waals surface area contributed by atoms with Crippen molar-refractivity contribution in [3.05, 3.63) is 35.4 Å². The Balaban J connectivity index is 2.16. The predicted molar refractivity (Wildman–Crippen MR) is 53.3 cm³/mol. The van der Waals surface area contributed by atoms with Crippen LogP contribution in [0.4, 0.5) is 8.78 Å². The summed E-state index contributed by atoms with van der Waals surface area (Å²) in [5.41, 5.74) is 0.155. The second-order valence-corrected chi connectivity index (χ2v) is 3.57. The van der Waals surface area contributed by atoms with Crippen LogP contribution in [0.15, 0.2) is 18.2 Å². The molecule has 1 aliphatic rings. The Morgan fingerprint density at radius 2 is 2.19 bits per heavy atom. The number of ketones is 1. The summed E-state index contributed by atoms with van der Waals surface area (Å²) in [4.78, 5) is 11.8. The van der Waals surface area contributed by atoms with Gasteiger partial charge in [0, 0.05) is 12.1 Å². The second-order valence-electron chi connectivity index (χ2n) is 3.57. The molecule has 0 bridgehead atoms. The van der Waals surface area contributed by atoms with Crippen LogP contribution < -0.4 is 5.32 Å². The van der Waals surface area contributed by atoms with Gasteiger partial charge in [-0.15, -0.1) is 0 Å². The van der Waals surface area contributed by atoms with Gasteiger partial charge in [-0.25, -0.2) is 8.78 Å². The first-order valence-corrected chi connectivity index (χ1v) is 4.99. The van der Waals surface area contributed by atoms with E-state index in [9.17, 15) is 13.6 Å². The number of carbonyl (C=O) groups is 1. The number of ether oxygens (including phenoxy) is 1. The minimum absolute atomic E-state index is 0.155. The lowest BCUT2D eigenvalue weighted by Crippen LogP contribution is -2.46. The number of Topliss-reactive ketones (excluding diaryl/α,β-unsaturated/α-hetero) is 1. The number of hydrogen-bond donors (Lipinski definition) is 1. The molecule has 1 fully saturated rings. The van der Waals surface area contributed by atoms with Gasteiger partial charge in [0.15, 0.2) is 17.4 Å². The quantitative estimate of drug-likeness (QED) is 0.770. The molecule has 2 rings (SSSR count). The number of benzene rings is 1. The molecule has 3 nitrogen and oxygen atoms in total. The van der Waals surface area contributed by atoms with Crippen molar-refractivity contribution < 1.29 is 18.3 Å². The highest BCUT2D eigenvalue weighted by Gasteiger charge is 2.23. The highest BCUT2D eigenvalue weighted by atomic mass is 19.2. The van der Waals surface area contributed by atoms with E-state index in [1.54, 1.807) is 0 Å². The van der Waals surface area contributed by atoms with Crippen LogP contribution in [0.5, 0.6) is 0 Å². The maximum absolute atomic E-state index is 12.9. The molecule has 0 amide bonds. The maximum Gasteiger partial charge on any atom is 0.182 e. The molecule has 0 saturated carbocycles. The topological polar surface area (TPSA) is 38.3 Å². The highest BCUT2D eigenvalue weighted by molar-refractivity contribution is 6.00. The highest BCUT2D eigenvalue weighted by Crippen LogP contribution is 2.11. The molecule has 1 saturated heterocycles. The minimum Gasteiger partial charge on any atom is -0.378 e. The van der Waals surface area contributed by atoms with E-state index in [-0.39, 0.29) is 18.0 Å². The Morgan fingerprint density at radius 3 is 2.81 bits per heavy atom. The number of rotatable bonds is 2. The van der Waals surface area contributed by atoms with Crippen molar-refractivity contribution in [1.82, 2.24) is 5.32 Å². The summed E-state index contributed by atoms with van der Waals surface area (Å²) in [5.74, 6) is -2.24. The van der Waals surface area contributed by atoms with Crippen LogP contribution in [0.3, 0.4) is 0 Å². The summed E-state index contributed by atoms with van der Waals surface area (Å²) >= 11 is 0. The zero-order valence-electron chi connectivity index (χ0n) is 8.50. The summed E-state index contributed by atoms with van der Waals surface area (Å²) in [6.45, 7) is 1.40. The van der Waals surface area contributed by atoms with Crippen LogP contribution in [-0.4, -0.2) is 31.6 Å². The predicted octanol–water partition coefficient (Wildman–Crippen LogP) is 1.14. The monoisotopic (exact) mass is 227 g/mol. The van der Waals surface area contributed by atoms with Gasteiger partial charge in [-0.05, 0) is 18.2 Å². The summed E-state index contributed by atoms with van der Waals surface area (Å²) in [6, 6.07) is 2.66. The van der Waals surface area contributed by atoms with Gasteiger partial charge >= 0.3 is 0 Å². The lowest BCUT2D eigenvalue weighted by molar-refractivity contribution is 0.0607. The van der Waals surface area contributed by atoms with Gasteiger partial charge in [-0.1, -0.05) is 0 Å². The van der Waals surface area contributed by atoms with Crippen molar-refractivity contribution in [3.8, 4) is 0 Å². The molecular formula is C11H11F2NO2. The molecular weight excluding hydrogens is 216 g/mol. The van der Waals surface area contributed by atoms with E-state index in [4.69, 9.17) is 4.74 Å². The Labute approximate surface area is 91.4 Å². The fourth-order valence-corrected chi connectivity index (χ4v) is 1.58. The zero-order valence-corrected chi connectivity index (χ0v) is 8.50. The lowest BCUT2D eigenvalue weighted by Gasteiger charge is -2.22. The number of hydrogen-bond acceptors (Lipinski definition) is 3. The first kappa shape index (κ1) is 11.2. The molecule has 5 heteroatoms. The summed E-state index contributed by atoms with van der Waals surface area (Å²) in [6.07, 6.45) is 0. The van der Waals surface area contributed by atoms with Gasteiger partial charge in [0.25, 0.3) is 0 Å². The number of carbonyl (C=O) groups excluding carboxylic acids is 1. The first-order chi connectivity index (χ1) is 7.68. The van der Waals surface area contributed by atoms with Gasteiger partial charge in [0.1, 0.15) is 0 Å². The minimum atomic E-state index is -1.01. The van der Waals surface area contributed by atoms with Crippen LogP contribution >= 0.6 is 0 Å². The molecule has 1 unspecified atom stereocenters. The molecule has 0 radical (unpaired) electrons. The molecule has 16 heavy (non-hydrogen) atoms. The molecule has 1 N–H and O–H groups in total. The van der Waals surface area contributed by atoms with Crippen LogP contribution in [0, 0.1) is 11.6 Å². The van der Waals surface area contributed by atoms with Gasteiger partial charge in [0.2, 0.25) is 0 Å². The van der Waals surface area contributed by atoms with E-state index in [2.05, 4.69) is 5.32 Å². The van der Waals surface area contributed by atoms with E-state index in [1.165, 1.54) is 6.07 Å². The number of morpholine rings is 1. The van der Waals surface area contributed by atoms with Crippen LogP contribution in [-0.2, 0) is 4.74 Å². The maximum atomic E-state index is 12.9. The van der Waals surface area contributed by atoms with E-state index < -0.39 is 17.7 Å². The van der Waals surface area contributed by atoms with Gasteiger partial charge in [-0.3, -0.25) is 4.79 Å². The fraction of sp³-hybridized carbons (Fsp3) is 0.364. The zero-order chi connectivity index (χ0) is 11.5. The van der Waals surface area contributed by atoms with Crippen LogP contribution in [0.1, 0.15) is 10.4 Å². The average Bonchev–Trinajstić information content (AvgIpc) is 2.33. The smallest absolute Gasteiger partial charge is 0.182 e. The molecule has 0 spiro atoms. The largest absolute Gasteiger partial charge is 0.378 e. The van der Waals surface area contributed by atoms with Crippen molar-refractivity contribution in [3.63, 3.8) is 0 Å². The third-order valence-corrected chi connectivity index (χ3v) is 2.44. The van der Waals surface area contributed by atoms with Gasteiger partial charge in [0.05, 0.1) is 19.3 Å². The molecule has 1 aromatic carbocycles. The van der Waals surface area contributed by atoms with E-state index in [1.807, 2.05) is 0 Å². The Hall–Kier alpha value is -1.33. The Morgan fingerprint density at radius 1 is 1.38 bits per heavy atom. The number of nitrogens with one attached hydrogen (secondary N) is 1. The fourth-order valence-electron chi connectivity index (χ4n) is 1.58. The van der Waals surface area contributed by atoms with Crippen LogP contribution in [0.25, 0.3) is 0 Å². The van der Waals surface area contributed by atoms with Crippen LogP contribution in [0.2, 0.25) is 0 Å². The lowest BCUT2D eigenvalue weighted by atomic mass is 10.0. The molecule has 1 aliphatic heterocycles. The standard InChI is InChI=1S/C11H11F2NO2/c12-8-2-1-7(5-9(8)13)11(15)10-6-16-4-3-14-10/h1-2,5,10,14H,3-4,6H2. The van der Waals surface area contributed by atoms with Crippen molar-refractivity contribution in [2.75, 3.05) is 19.8 Å². The van der Waals surface area contributed by atoms with Crippen molar-refractivity contribution in [1.29, 1.82) is 0 Å². The van der Waals surface area contributed by atoms with Gasteiger partial charge in [-0.2, -0.15) is 0 Å². The van der Waals surface area contributed by atoms with E-state index in [0.717, 1.165) is 12.1 Å². The summed E-state index contributed by atoms with van der Waals surface area (Å²) in [5, 5.41) is 2.96. The third kappa shape index (κ3) is 2.25. The second kappa shape index (κ2) is 4.67. The molecule has 0 aromatic heterocycles. The molecule has 0 aliphatic carbocycles. The molecule has 1 heterocycles. The summed E-state index contributed by atoms with van der Waals surface area (Å²) < 4.78 is 30.7. The molecule has 86 valence electrons. The number of halogens is 2. The SMILES string of the molecule is O=C(c1ccc(F)c(F)c1)C1COCCN1. The Kier molecular flexibility index (Phi) is 3.26. The third-order valence-electron chi connectivity index (χ3n) is 2.44. The average molecular weight is 227 g/mol.